The Morgan fingerprint density at radius 1 is 1.09 bits per heavy atom. The summed E-state index contributed by atoms with van der Waals surface area (Å²) in [5.74, 6) is 0.693. The van der Waals surface area contributed by atoms with E-state index in [0.717, 1.165) is 22.7 Å². The van der Waals surface area contributed by atoms with Crippen LogP contribution in [-0.2, 0) is 11.3 Å². The first kappa shape index (κ1) is 15.6. The van der Waals surface area contributed by atoms with Gasteiger partial charge < -0.3 is 15.4 Å². The fourth-order valence-electron chi connectivity index (χ4n) is 1.94. The van der Waals surface area contributed by atoms with E-state index in [0.29, 0.717) is 13.2 Å². The number of hydrogen-bond acceptors (Lipinski definition) is 3. The molecule has 114 valence electrons. The van der Waals surface area contributed by atoms with Crippen LogP contribution >= 0.6 is 0 Å². The van der Waals surface area contributed by atoms with E-state index in [1.54, 1.807) is 0 Å². The molecule has 0 aliphatic heterocycles. The van der Waals surface area contributed by atoms with Crippen LogP contribution < -0.4 is 15.4 Å². The predicted molar refractivity (Wildman–Crippen MR) is 89.4 cm³/mol. The SMILES string of the molecule is C=CC(=O)NCc1ccc(Nc2ccc(OCC)cc2)cc1. The second kappa shape index (κ2) is 7.88. The summed E-state index contributed by atoms with van der Waals surface area (Å²) in [5, 5.41) is 6.06. The summed E-state index contributed by atoms with van der Waals surface area (Å²) in [6.45, 7) is 6.54. The van der Waals surface area contributed by atoms with Crippen molar-refractivity contribution in [1.82, 2.24) is 5.32 Å². The third-order valence-corrected chi connectivity index (χ3v) is 3.06. The van der Waals surface area contributed by atoms with Gasteiger partial charge in [0.1, 0.15) is 5.75 Å². The molecule has 2 rings (SSSR count). The molecule has 0 aliphatic rings. The Labute approximate surface area is 130 Å². The zero-order valence-corrected chi connectivity index (χ0v) is 12.6. The summed E-state index contributed by atoms with van der Waals surface area (Å²) in [5.41, 5.74) is 3.02. The molecule has 0 atom stereocenters. The second-order valence-electron chi connectivity index (χ2n) is 4.70. The Morgan fingerprint density at radius 3 is 2.23 bits per heavy atom. The molecule has 0 bridgehead atoms. The molecule has 2 N–H and O–H groups in total. The Hall–Kier alpha value is -2.75. The third kappa shape index (κ3) is 4.66. The van der Waals surface area contributed by atoms with Gasteiger partial charge in [-0.05, 0) is 55.0 Å². The lowest BCUT2D eigenvalue weighted by atomic mass is 10.2. The highest BCUT2D eigenvalue weighted by atomic mass is 16.5. The normalized spacial score (nSPS) is 9.86. The van der Waals surface area contributed by atoms with Gasteiger partial charge in [-0.15, -0.1) is 0 Å². The van der Waals surface area contributed by atoms with E-state index in [1.807, 2.05) is 55.5 Å². The number of hydrogen-bond donors (Lipinski definition) is 2. The second-order valence-corrected chi connectivity index (χ2v) is 4.70. The average molecular weight is 296 g/mol. The van der Waals surface area contributed by atoms with Crippen molar-refractivity contribution in [3.8, 4) is 5.75 Å². The fraction of sp³-hybridized carbons (Fsp3) is 0.167. The zero-order valence-electron chi connectivity index (χ0n) is 12.6. The maximum absolute atomic E-state index is 11.1. The van der Waals surface area contributed by atoms with Crippen LogP contribution in [0.4, 0.5) is 11.4 Å². The van der Waals surface area contributed by atoms with Gasteiger partial charge in [-0.25, -0.2) is 0 Å². The first-order valence-electron chi connectivity index (χ1n) is 7.20. The van der Waals surface area contributed by atoms with E-state index in [2.05, 4.69) is 17.2 Å². The number of carbonyl (C=O) groups excluding carboxylic acids is 1. The molecule has 0 aromatic heterocycles. The van der Waals surface area contributed by atoms with Crippen LogP contribution in [-0.4, -0.2) is 12.5 Å². The van der Waals surface area contributed by atoms with Crippen LogP contribution in [0.25, 0.3) is 0 Å². The van der Waals surface area contributed by atoms with Crippen molar-refractivity contribution >= 4 is 17.3 Å². The predicted octanol–water partition coefficient (Wildman–Crippen LogP) is 3.63. The molecule has 22 heavy (non-hydrogen) atoms. The van der Waals surface area contributed by atoms with Crippen LogP contribution in [0.1, 0.15) is 12.5 Å². The molecule has 0 saturated heterocycles. The van der Waals surface area contributed by atoms with Gasteiger partial charge in [0.05, 0.1) is 6.61 Å². The molecule has 4 heteroatoms. The lowest BCUT2D eigenvalue weighted by molar-refractivity contribution is -0.116. The van der Waals surface area contributed by atoms with Crippen molar-refractivity contribution in [2.75, 3.05) is 11.9 Å². The molecule has 0 aliphatic carbocycles. The van der Waals surface area contributed by atoms with Crippen LogP contribution in [0.15, 0.2) is 61.2 Å². The molecule has 2 aromatic rings. The van der Waals surface area contributed by atoms with E-state index in [4.69, 9.17) is 4.74 Å². The van der Waals surface area contributed by atoms with Crippen molar-refractivity contribution in [1.29, 1.82) is 0 Å². The molecule has 2 aromatic carbocycles. The molecule has 0 unspecified atom stereocenters. The summed E-state index contributed by atoms with van der Waals surface area (Å²) in [4.78, 5) is 11.1. The number of anilines is 2. The Bertz CT molecular complexity index is 619. The number of carbonyl (C=O) groups is 1. The summed E-state index contributed by atoms with van der Waals surface area (Å²) in [7, 11) is 0. The molecule has 0 heterocycles. The van der Waals surface area contributed by atoms with Crippen LogP contribution in [0, 0.1) is 0 Å². The van der Waals surface area contributed by atoms with Crippen LogP contribution in [0.5, 0.6) is 5.75 Å². The topological polar surface area (TPSA) is 50.4 Å². The first-order chi connectivity index (χ1) is 10.7. The van der Waals surface area contributed by atoms with E-state index < -0.39 is 0 Å². The van der Waals surface area contributed by atoms with Crippen molar-refractivity contribution in [2.24, 2.45) is 0 Å². The standard InChI is InChI=1S/C18H20N2O2/c1-3-18(21)19-13-14-5-7-15(8-6-14)20-16-9-11-17(12-10-16)22-4-2/h3,5-12,20H,1,4,13H2,2H3,(H,19,21). The van der Waals surface area contributed by atoms with Crippen molar-refractivity contribution in [3.63, 3.8) is 0 Å². The maximum Gasteiger partial charge on any atom is 0.243 e. The molecule has 0 spiro atoms. The lowest BCUT2D eigenvalue weighted by Crippen LogP contribution is -2.19. The van der Waals surface area contributed by atoms with E-state index >= 15 is 0 Å². The van der Waals surface area contributed by atoms with E-state index in [1.165, 1.54) is 6.08 Å². The van der Waals surface area contributed by atoms with E-state index in [-0.39, 0.29) is 5.91 Å². The van der Waals surface area contributed by atoms with Gasteiger partial charge in [0.25, 0.3) is 0 Å². The fourth-order valence-corrected chi connectivity index (χ4v) is 1.94. The molecule has 0 fully saturated rings. The van der Waals surface area contributed by atoms with Gasteiger partial charge in [-0.1, -0.05) is 18.7 Å². The average Bonchev–Trinajstić information content (AvgIpc) is 2.56. The largest absolute Gasteiger partial charge is 0.494 e. The van der Waals surface area contributed by atoms with Crippen LogP contribution in [0.2, 0.25) is 0 Å². The van der Waals surface area contributed by atoms with Gasteiger partial charge in [0.2, 0.25) is 5.91 Å². The highest BCUT2D eigenvalue weighted by Gasteiger charge is 1.99. The van der Waals surface area contributed by atoms with Gasteiger partial charge in [0.15, 0.2) is 0 Å². The zero-order chi connectivity index (χ0) is 15.8. The highest BCUT2D eigenvalue weighted by molar-refractivity contribution is 5.86. The Balaban J connectivity index is 1.92. The first-order valence-corrected chi connectivity index (χ1v) is 7.20. The molecule has 4 nitrogen and oxygen atoms in total. The molecular formula is C18H20N2O2. The number of nitrogens with one attached hydrogen (secondary N) is 2. The minimum atomic E-state index is -0.170. The molecular weight excluding hydrogens is 276 g/mol. The number of rotatable bonds is 7. The quantitative estimate of drug-likeness (QED) is 0.767. The summed E-state index contributed by atoms with van der Waals surface area (Å²) in [6, 6.07) is 15.7. The molecule has 0 radical (unpaired) electrons. The van der Waals surface area contributed by atoms with E-state index in [9.17, 15) is 4.79 Å². The highest BCUT2D eigenvalue weighted by Crippen LogP contribution is 2.20. The maximum atomic E-state index is 11.1. The van der Waals surface area contributed by atoms with Gasteiger partial charge in [0, 0.05) is 17.9 Å². The summed E-state index contributed by atoms with van der Waals surface area (Å²) >= 11 is 0. The number of amides is 1. The van der Waals surface area contributed by atoms with Gasteiger partial charge >= 0.3 is 0 Å². The minimum absolute atomic E-state index is 0.170. The monoisotopic (exact) mass is 296 g/mol. The summed E-state index contributed by atoms with van der Waals surface area (Å²) < 4.78 is 5.41. The van der Waals surface area contributed by atoms with Crippen molar-refractivity contribution in [3.05, 3.63) is 66.7 Å². The smallest absolute Gasteiger partial charge is 0.243 e. The van der Waals surface area contributed by atoms with Gasteiger partial charge in [-0.2, -0.15) is 0 Å². The van der Waals surface area contributed by atoms with Crippen molar-refractivity contribution < 1.29 is 9.53 Å². The Kier molecular flexibility index (Phi) is 5.60. The number of ether oxygens (including phenoxy) is 1. The van der Waals surface area contributed by atoms with Crippen molar-refractivity contribution in [2.45, 2.75) is 13.5 Å². The summed E-state index contributed by atoms with van der Waals surface area (Å²) in [6.07, 6.45) is 1.27. The number of benzene rings is 2. The molecule has 1 amide bonds. The Morgan fingerprint density at radius 2 is 1.68 bits per heavy atom. The lowest BCUT2D eigenvalue weighted by Gasteiger charge is -2.09. The minimum Gasteiger partial charge on any atom is -0.494 e. The van der Waals surface area contributed by atoms with Gasteiger partial charge in [-0.3, -0.25) is 4.79 Å². The third-order valence-electron chi connectivity index (χ3n) is 3.06. The molecule has 0 saturated carbocycles. The van der Waals surface area contributed by atoms with Crippen LogP contribution in [0.3, 0.4) is 0 Å².